The van der Waals surface area contributed by atoms with E-state index in [4.69, 9.17) is 26.2 Å². The van der Waals surface area contributed by atoms with Crippen molar-refractivity contribution < 1.29 is 32.5 Å². The summed E-state index contributed by atoms with van der Waals surface area (Å²) in [6.45, 7) is 3.40. The molecule has 1 aromatic heterocycles. The van der Waals surface area contributed by atoms with Crippen LogP contribution in [0.15, 0.2) is 54.6 Å². The molecule has 0 radical (unpaired) electrons. The van der Waals surface area contributed by atoms with Crippen molar-refractivity contribution in [2.45, 2.75) is 39.5 Å². The number of benzene rings is 3. The number of rotatable bonds is 9. The van der Waals surface area contributed by atoms with Crippen molar-refractivity contribution in [2.24, 2.45) is 0 Å². The lowest BCUT2D eigenvalue weighted by atomic mass is 9.91. The molecular formula is C29H25ClF3NO4S. The van der Waals surface area contributed by atoms with Gasteiger partial charge in [-0.3, -0.25) is 4.79 Å². The molecule has 0 saturated heterocycles. The second kappa shape index (κ2) is 11.7. The number of alkyl halides is 3. The Labute approximate surface area is 233 Å². The molecule has 0 spiro atoms. The molecule has 1 N–H and O–H groups in total. The van der Waals surface area contributed by atoms with Gasteiger partial charge in [0.2, 0.25) is 0 Å². The van der Waals surface area contributed by atoms with Gasteiger partial charge in [0.1, 0.15) is 23.0 Å². The lowest BCUT2D eigenvalue weighted by molar-refractivity contribution is -0.137. The molecule has 10 heteroatoms. The number of hydrogen-bond donors (Lipinski definition) is 1. The summed E-state index contributed by atoms with van der Waals surface area (Å²) in [5.41, 5.74) is 4.89. The van der Waals surface area contributed by atoms with E-state index in [1.54, 1.807) is 24.3 Å². The third-order valence-corrected chi connectivity index (χ3v) is 7.74. The molecule has 1 heterocycles. The van der Waals surface area contributed by atoms with Crippen molar-refractivity contribution in [3.63, 3.8) is 0 Å². The Hall–Kier alpha value is -3.56. The fourth-order valence-corrected chi connectivity index (χ4v) is 5.30. The third kappa shape index (κ3) is 6.20. The van der Waals surface area contributed by atoms with Crippen LogP contribution in [0.1, 0.15) is 33.6 Å². The Morgan fingerprint density at radius 3 is 2.46 bits per heavy atom. The Morgan fingerprint density at radius 1 is 1.03 bits per heavy atom. The van der Waals surface area contributed by atoms with Crippen LogP contribution in [-0.2, 0) is 24.0 Å². The Morgan fingerprint density at radius 2 is 1.77 bits per heavy atom. The van der Waals surface area contributed by atoms with Gasteiger partial charge in [-0.1, -0.05) is 48.0 Å². The molecule has 0 amide bonds. The topological polar surface area (TPSA) is 68.7 Å². The van der Waals surface area contributed by atoms with Crippen molar-refractivity contribution in [3.8, 4) is 33.9 Å². The number of aryl methyl sites for hydroxylation is 1. The van der Waals surface area contributed by atoms with Gasteiger partial charge in [0.25, 0.3) is 0 Å². The molecule has 0 aliphatic carbocycles. The van der Waals surface area contributed by atoms with Crippen LogP contribution < -0.4 is 9.47 Å². The van der Waals surface area contributed by atoms with Gasteiger partial charge in [0.05, 0.1) is 17.8 Å². The van der Waals surface area contributed by atoms with Gasteiger partial charge >= 0.3 is 12.1 Å². The highest BCUT2D eigenvalue weighted by molar-refractivity contribution is 7.06. The molecule has 0 bridgehead atoms. The lowest BCUT2D eigenvalue weighted by Gasteiger charge is -2.17. The molecule has 0 fully saturated rings. The minimum Gasteiger partial charge on any atom is -0.495 e. The minimum atomic E-state index is -4.60. The van der Waals surface area contributed by atoms with Gasteiger partial charge in [-0.25, -0.2) is 0 Å². The molecule has 4 rings (SSSR count). The minimum absolute atomic E-state index is 0.00821. The molecule has 0 atom stereocenters. The van der Waals surface area contributed by atoms with Crippen molar-refractivity contribution in [3.05, 3.63) is 86.8 Å². The summed E-state index contributed by atoms with van der Waals surface area (Å²) in [4.78, 5) is 10.3. The molecule has 39 heavy (non-hydrogen) atoms. The van der Waals surface area contributed by atoms with Gasteiger partial charge in [0.15, 0.2) is 0 Å². The summed E-state index contributed by atoms with van der Waals surface area (Å²) in [6, 6.07) is 15.8. The average molecular weight is 576 g/mol. The number of carboxylic acid groups (broad SMARTS) is 1. The summed E-state index contributed by atoms with van der Waals surface area (Å²) >= 11 is 6.47. The average Bonchev–Trinajstić information content (AvgIpc) is 3.33. The van der Waals surface area contributed by atoms with Crippen LogP contribution in [0.3, 0.4) is 0 Å². The van der Waals surface area contributed by atoms with Crippen LogP contribution >= 0.6 is 23.1 Å². The maximum absolute atomic E-state index is 13.9. The number of halogens is 4. The van der Waals surface area contributed by atoms with Crippen LogP contribution in [0.25, 0.3) is 22.4 Å². The fraction of sp³-hybridized carbons (Fsp3) is 0.241. The van der Waals surface area contributed by atoms with Crippen LogP contribution in [0.4, 0.5) is 13.2 Å². The predicted molar refractivity (Wildman–Crippen MR) is 146 cm³/mol. The maximum atomic E-state index is 13.9. The molecule has 5 nitrogen and oxygen atoms in total. The van der Waals surface area contributed by atoms with Crippen LogP contribution in [0, 0.1) is 13.8 Å². The standard InChI is InChI=1S/C29H25ClF3NO4S/c1-16-17(2)24(12-10-20(16)21-7-5-4-6-18(21)9-13-26(35)36)38-15-22-27(34-39-28(22)29(31,32)33)19-8-11-23(30)25(14-19)37-3/h4-8,10-12,14H,9,13,15H2,1-3H3,(H,35,36). The molecule has 4 aromatic rings. The van der Waals surface area contributed by atoms with Gasteiger partial charge < -0.3 is 14.6 Å². The van der Waals surface area contributed by atoms with Crippen LogP contribution in [-0.4, -0.2) is 22.6 Å². The normalized spacial score (nSPS) is 11.5. The highest BCUT2D eigenvalue weighted by Gasteiger charge is 2.38. The Kier molecular flexibility index (Phi) is 8.51. The van der Waals surface area contributed by atoms with E-state index in [9.17, 15) is 18.0 Å². The van der Waals surface area contributed by atoms with Gasteiger partial charge in [-0.05, 0) is 77.8 Å². The fourth-order valence-electron chi connectivity index (χ4n) is 4.34. The zero-order chi connectivity index (χ0) is 28.3. The summed E-state index contributed by atoms with van der Waals surface area (Å²) in [6.07, 6.45) is -4.21. The number of aromatic nitrogens is 1. The first-order valence-electron chi connectivity index (χ1n) is 11.9. The van der Waals surface area contributed by atoms with Crippen LogP contribution in [0.5, 0.6) is 11.5 Å². The second-order valence-electron chi connectivity index (χ2n) is 8.89. The lowest BCUT2D eigenvalue weighted by Crippen LogP contribution is -2.09. The second-order valence-corrected chi connectivity index (χ2v) is 10.1. The quantitative estimate of drug-likeness (QED) is 0.217. The van der Waals surface area contributed by atoms with Gasteiger partial charge in [-0.15, -0.1) is 0 Å². The van der Waals surface area contributed by atoms with E-state index in [0.717, 1.165) is 27.8 Å². The van der Waals surface area contributed by atoms with Crippen molar-refractivity contribution >= 4 is 29.1 Å². The Bertz CT molecular complexity index is 1520. The number of hydrogen-bond acceptors (Lipinski definition) is 5. The zero-order valence-corrected chi connectivity index (χ0v) is 22.9. The van der Waals surface area contributed by atoms with E-state index in [0.29, 0.717) is 40.0 Å². The third-order valence-electron chi connectivity index (χ3n) is 6.50. The van der Waals surface area contributed by atoms with E-state index in [1.807, 2.05) is 44.2 Å². The number of aliphatic carboxylic acids is 1. The summed E-state index contributed by atoms with van der Waals surface area (Å²) in [5, 5.41) is 9.44. The summed E-state index contributed by atoms with van der Waals surface area (Å²) in [7, 11) is 1.43. The number of nitrogens with zero attached hydrogens (tertiary/aromatic N) is 1. The van der Waals surface area contributed by atoms with E-state index in [2.05, 4.69) is 4.37 Å². The number of methoxy groups -OCH3 is 1. The van der Waals surface area contributed by atoms with Crippen LogP contribution in [0.2, 0.25) is 5.02 Å². The van der Waals surface area contributed by atoms with Gasteiger partial charge in [-0.2, -0.15) is 17.5 Å². The molecule has 204 valence electrons. The zero-order valence-electron chi connectivity index (χ0n) is 21.4. The number of carbonyl (C=O) groups is 1. The monoisotopic (exact) mass is 575 g/mol. The predicted octanol–water partition coefficient (Wildman–Crippen LogP) is 8.37. The first kappa shape index (κ1) is 28.4. The smallest absolute Gasteiger partial charge is 0.427 e. The Balaban J connectivity index is 1.67. The van der Waals surface area contributed by atoms with Crippen molar-refractivity contribution in [2.75, 3.05) is 7.11 Å². The number of carboxylic acids is 1. The first-order chi connectivity index (χ1) is 18.5. The maximum Gasteiger partial charge on any atom is 0.427 e. The largest absolute Gasteiger partial charge is 0.495 e. The highest BCUT2D eigenvalue weighted by atomic mass is 35.5. The number of ether oxygens (including phenoxy) is 2. The van der Waals surface area contributed by atoms with E-state index in [-0.39, 0.29) is 24.3 Å². The highest BCUT2D eigenvalue weighted by Crippen LogP contribution is 2.42. The van der Waals surface area contributed by atoms with Crippen molar-refractivity contribution in [1.29, 1.82) is 0 Å². The van der Waals surface area contributed by atoms with Gasteiger partial charge in [0, 0.05) is 17.5 Å². The summed E-state index contributed by atoms with van der Waals surface area (Å²) < 4.78 is 56.9. The first-order valence-corrected chi connectivity index (χ1v) is 13.1. The molecule has 0 unspecified atom stereocenters. The molecule has 0 saturated carbocycles. The molecule has 3 aromatic carbocycles. The van der Waals surface area contributed by atoms with E-state index < -0.39 is 17.0 Å². The van der Waals surface area contributed by atoms with E-state index in [1.165, 1.54) is 7.11 Å². The molecule has 0 aliphatic rings. The van der Waals surface area contributed by atoms with Crippen molar-refractivity contribution in [1.82, 2.24) is 4.37 Å². The van der Waals surface area contributed by atoms with E-state index >= 15 is 0 Å². The SMILES string of the molecule is COc1cc(-c2nsc(C(F)(F)F)c2COc2ccc(-c3ccccc3CCC(=O)O)c(C)c2C)ccc1Cl. The molecule has 0 aliphatic heterocycles. The summed E-state index contributed by atoms with van der Waals surface area (Å²) in [5.74, 6) is -0.106. The molecular weight excluding hydrogens is 551 g/mol.